The van der Waals surface area contributed by atoms with Gasteiger partial charge in [0.25, 0.3) is 0 Å². The highest BCUT2D eigenvalue weighted by molar-refractivity contribution is 9.10. The maximum absolute atomic E-state index is 5.73. The van der Waals surface area contributed by atoms with Gasteiger partial charge in [0, 0.05) is 24.8 Å². The van der Waals surface area contributed by atoms with Crippen LogP contribution in [0.1, 0.15) is 19.8 Å². The average molecular weight is 271 g/mol. The Morgan fingerprint density at radius 3 is 2.93 bits per heavy atom. The lowest BCUT2D eigenvalue weighted by atomic mass is 10.2. The van der Waals surface area contributed by atoms with Crippen molar-refractivity contribution >= 4 is 21.7 Å². The van der Waals surface area contributed by atoms with E-state index in [-0.39, 0.29) is 0 Å². The van der Waals surface area contributed by atoms with Crippen molar-refractivity contribution in [2.45, 2.75) is 31.8 Å². The zero-order chi connectivity index (χ0) is 10.8. The number of nitrogens with zero attached hydrogens (tertiary/aromatic N) is 3. The molecule has 1 fully saturated rings. The van der Waals surface area contributed by atoms with Gasteiger partial charge in [0.15, 0.2) is 0 Å². The predicted molar refractivity (Wildman–Crippen MR) is 63.7 cm³/mol. The Kier molecular flexibility index (Phi) is 3.21. The van der Waals surface area contributed by atoms with Crippen LogP contribution >= 0.6 is 15.9 Å². The molecule has 2 rings (SSSR count). The molecular weight excluding hydrogens is 256 g/mol. The van der Waals surface area contributed by atoms with Crippen LogP contribution in [-0.2, 0) is 0 Å². The van der Waals surface area contributed by atoms with Gasteiger partial charge in [0.05, 0.1) is 4.47 Å². The molecule has 0 spiro atoms. The van der Waals surface area contributed by atoms with Crippen LogP contribution in [0.2, 0.25) is 0 Å². The fourth-order valence-electron chi connectivity index (χ4n) is 1.70. The summed E-state index contributed by atoms with van der Waals surface area (Å²) in [5.41, 5.74) is 5.73. The Balaban J connectivity index is 2.28. The lowest BCUT2D eigenvalue weighted by Gasteiger charge is -2.30. The quantitative estimate of drug-likeness (QED) is 0.902. The first-order valence-corrected chi connectivity index (χ1v) is 5.97. The van der Waals surface area contributed by atoms with Gasteiger partial charge in [-0.05, 0) is 35.7 Å². The van der Waals surface area contributed by atoms with E-state index in [0.29, 0.717) is 18.6 Å². The molecule has 1 aliphatic carbocycles. The Bertz CT molecular complexity index is 340. The molecule has 4 nitrogen and oxygen atoms in total. The molecule has 1 saturated carbocycles. The molecule has 2 N–H and O–H groups in total. The first-order valence-electron chi connectivity index (χ1n) is 5.18. The molecule has 1 aromatic rings. The molecule has 0 aliphatic heterocycles. The van der Waals surface area contributed by atoms with E-state index in [1.54, 1.807) is 12.5 Å². The second kappa shape index (κ2) is 4.45. The second-order valence-corrected chi connectivity index (χ2v) is 4.77. The molecule has 0 aromatic carbocycles. The van der Waals surface area contributed by atoms with E-state index < -0.39 is 0 Å². The summed E-state index contributed by atoms with van der Waals surface area (Å²) >= 11 is 3.48. The van der Waals surface area contributed by atoms with Gasteiger partial charge >= 0.3 is 0 Å². The fraction of sp³-hybridized carbons (Fsp3) is 0.600. The maximum Gasteiger partial charge on any atom is 0.146 e. The smallest absolute Gasteiger partial charge is 0.146 e. The minimum Gasteiger partial charge on any atom is -0.349 e. The first kappa shape index (κ1) is 10.8. The molecule has 0 bridgehead atoms. The van der Waals surface area contributed by atoms with Crippen molar-refractivity contribution in [3.05, 3.63) is 17.0 Å². The van der Waals surface area contributed by atoms with Crippen molar-refractivity contribution in [3.8, 4) is 0 Å². The summed E-state index contributed by atoms with van der Waals surface area (Å²) in [6, 6.07) is 0.929. The normalized spacial score (nSPS) is 17.5. The third kappa shape index (κ3) is 2.29. The number of nitrogens with two attached hydrogens (primary N) is 1. The number of hydrogen-bond donors (Lipinski definition) is 1. The van der Waals surface area contributed by atoms with E-state index in [0.717, 1.165) is 10.3 Å². The fourth-order valence-corrected chi connectivity index (χ4v) is 2.13. The van der Waals surface area contributed by atoms with Crippen LogP contribution in [0.15, 0.2) is 17.0 Å². The summed E-state index contributed by atoms with van der Waals surface area (Å²) < 4.78 is 0.942. The zero-order valence-corrected chi connectivity index (χ0v) is 10.3. The first-order chi connectivity index (χ1) is 7.24. The Morgan fingerprint density at radius 1 is 1.67 bits per heavy atom. The molecule has 0 amide bonds. The number of halogens is 1. The Labute approximate surface area is 98.0 Å². The van der Waals surface area contributed by atoms with Crippen LogP contribution in [0.25, 0.3) is 0 Å². The van der Waals surface area contributed by atoms with Crippen molar-refractivity contribution in [3.63, 3.8) is 0 Å². The molecule has 1 atom stereocenters. The van der Waals surface area contributed by atoms with Crippen LogP contribution in [-0.4, -0.2) is 28.6 Å². The van der Waals surface area contributed by atoms with E-state index in [1.807, 2.05) is 0 Å². The summed E-state index contributed by atoms with van der Waals surface area (Å²) in [6.45, 7) is 2.78. The van der Waals surface area contributed by atoms with E-state index >= 15 is 0 Å². The number of rotatable bonds is 4. The molecule has 0 saturated heterocycles. The van der Waals surface area contributed by atoms with E-state index in [9.17, 15) is 0 Å². The third-order valence-electron chi connectivity index (χ3n) is 2.65. The Hall–Kier alpha value is -0.680. The standard InChI is InChI=1S/C10H15BrN4/c1-7(4-12)15(8-2-3-8)10-9(11)5-13-6-14-10/h5-8H,2-4,12H2,1H3. The topological polar surface area (TPSA) is 55.0 Å². The van der Waals surface area contributed by atoms with Crippen LogP contribution in [0.5, 0.6) is 0 Å². The maximum atomic E-state index is 5.73. The molecule has 1 aromatic heterocycles. The SMILES string of the molecule is CC(CN)N(c1ncncc1Br)C1CC1. The molecule has 1 heterocycles. The number of anilines is 1. The van der Waals surface area contributed by atoms with Crippen molar-refractivity contribution in [2.24, 2.45) is 5.73 Å². The lowest BCUT2D eigenvalue weighted by Crippen LogP contribution is -2.40. The van der Waals surface area contributed by atoms with Gasteiger partial charge in [-0.1, -0.05) is 0 Å². The van der Waals surface area contributed by atoms with Crippen LogP contribution in [0, 0.1) is 0 Å². The summed E-state index contributed by atoms with van der Waals surface area (Å²) in [5, 5.41) is 0. The highest BCUT2D eigenvalue weighted by atomic mass is 79.9. The van der Waals surface area contributed by atoms with Gasteiger partial charge in [-0.3, -0.25) is 0 Å². The van der Waals surface area contributed by atoms with Crippen LogP contribution in [0.4, 0.5) is 5.82 Å². The highest BCUT2D eigenvalue weighted by Crippen LogP contribution is 2.35. The van der Waals surface area contributed by atoms with Gasteiger partial charge in [-0.15, -0.1) is 0 Å². The van der Waals surface area contributed by atoms with Gasteiger partial charge < -0.3 is 10.6 Å². The summed E-state index contributed by atoms with van der Waals surface area (Å²) in [6.07, 6.45) is 5.83. The van der Waals surface area contributed by atoms with E-state index in [1.165, 1.54) is 12.8 Å². The summed E-state index contributed by atoms with van der Waals surface area (Å²) in [7, 11) is 0. The summed E-state index contributed by atoms with van der Waals surface area (Å²) in [5.74, 6) is 0.963. The summed E-state index contributed by atoms with van der Waals surface area (Å²) in [4.78, 5) is 10.6. The molecule has 0 radical (unpaired) electrons. The monoisotopic (exact) mass is 270 g/mol. The largest absolute Gasteiger partial charge is 0.349 e. The minimum absolute atomic E-state index is 0.323. The van der Waals surface area contributed by atoms with Crippen molar-refractivity contribution in [2.75, 3.05) is 11.4 Å². The van der Waals surface area contributed by atoms with Crippen molar-refractivity contribution in [1.29, 1.82) is 0 Å². The number of hydrogen-bond acceptors (Lipinski definition) is 4. The van der Waals surface area contributed by atoms with Crippen molar-refractivity contribution < 1.29 is 0 Å². The van der Waals surface area contributed by atoms with E-state index in [2.05, 4.69) is 37.7 Å². The highest BCUT2D eigenvalue weighted by Gasteiger charge is 2.33. The van der Waals surface area contributed by atoms with Gasteiger partial charge in [0.2, 0.25) is 0 Å². The Morgan fingerprint density at radius 2 is 2.40 bits per heavy atom. The zero-order valence-electron chi connectivity index (χ0n) is 8.73. The lowest BCUT2D eigenvalue weighted by molar-refractivity contribution is 0.627. The molecule has 1 unspecified atom stereocenters. The van der Waals surface area contributed by atoms with Gasteiger partial charge in [-0.25, -0.2) is 9.97 Å². The van der Waals surface area contributed by atoms with Crippen LogP contribution < -0.4 is 10.6 Å². The third-order valence-corrected chi connectivity index (χ3v) is 3.21. The van der Waals surface area contributed by atoms with Gasteiger partial charge in [-0.2, -0.15) is 0 Å². The minimum atomic E-state index is 0.323. The second-order valence-electron chi connectivity index (χ2n) is 3.92. The predicted octanol–water partition coefficient (Wildman–Crippen LogP) is 1.56. The molecule has 15 heavy (non-hydrogen) atoms. The van der Waals surface area contributed by atoms with Gasteiger partial charge in [0.1, 0.15) is 12.1 Å². The average Bonchev–Trinajstić information content (AvgIpc) is 3.05. The van der Waals surface area contributed by atoms with Crippen LogP contribution in [0.3, 0.4) is 0 Å². The van der Waals surface area contributed by atoms with Crippen molar-refractivity contribution in [1.82, 2.24) is 9.97 Å². The van der Waals surface area contributed by atoms with E-state index in [4.69, 9.17) is 5.73 Å². The number of aromatic nitrogens is 2. The molecular formula is C10H15BrN4. The molecule has 1 aliphatic rings. The molecule has 82 valence electrons. The molecule has 5 heteroatoms.